The van der Waals surface area contributed by atoms with Crippen molar-refractivity contribution < 1.29 is 0 Å². The highest BCUT2D eigenvalue weighted by molar-refractivity contribution is 7.72. The van der Waals surface area contributed by atoms with Gasteiger partial charge in [-0.1, -0.05) is 48.5 Å². The first-order chi connectivity index (χ1) is 10.5. The highest BCUT2D eigenvalue weighted by Crippen LogP contribution is 2.24. The van der Waals surface area contributed by atoms with Crippen LogP contribution in [0.4, 0.5) is 0 Å². The van der Waals surface area contributed by atoms with Gasteiger partial charge < -0.3 is 0 Å². The predicted molar refractivity (Wildman–Crippen MR) is 116 cm³/mol. The van der Waals surface area contributed by atoms with E-state index in [9.17, 15) is 0 Å². The highest BCUT2D eigenvalue weighted by atomic mass is 35.8. The van der Waals surface area contributed by atoms with E-state index < -0.39 is 18.7 Å². The fourth-order valence-electron chi connectivity index (χ4n) is 2.15. The molecule has 2 aromatic rings. The third-order valence-electron chi connectivity index (χ3n) is 3.14. The van der Waals surface area contributed by atoms with E-state index in [4.69, 9.17) is 88.6 Å². The van der Waals surface area contributed by atoms with Crippen LogP contribution in [0.3, 0.4) is 0 Å². The quantitative estimate of drug-likeness (QED) is 0.414. The van der Waals surface area contributed by atoms with Crippen LogP contribution in [-0.2, 0) is 0 Å². The first-order valence-corrected chi connectivity index (χ1v) is 20.3. The summed E-state index contributed by atoms with van der Waals surface area (Å²) in [4.78, 5) is 0. The van der Waals surface area contributed by atoms with Crippen molar-refractivity contribution in [2.45, 2.75) is 0 Å². The van der Waals surface area contributed by atoms with Gasteiger partial charge in [0.15, 0.2) is 0 Å². The summed E-state index contributed by atoms with van der Waals surface area (Å²) in [5.74, 6) is 0. The number of hydrogen-bond donors (Lipinski definition) is 0. The molecule has 0 fully saturated rings. The molecular weight excluding hydrogens is 512 g/mol. The smallest absolute Gasteiger partial charge is 0.134 e. The molecular formula is C12H8Cl8Si3. The van der Waals surface area contributed by atoms with Gasteiger partial charge in [-0.05, 0) is 20.7 Å². The molecule has 0 N–H and O–H groups in total. The summed E-state index contributed by atoms with van der Waals surface area (Å²) in [5, 5.41) is 2.35. The van der Waals surface area contributed by atoms with E-state index in [0.29, 0.717) is 20.7 Å². The van der Waals surface area contributed by atoms with Gasteiger partial charge >= 0.3 is 18.7 Å². The van der Waals surface area contributed by atoms with Gasteiger partial charge in [-0.15, -0.1) is 88.6 Å². The maximum Gasteiger partial charge on any atom is 0.372 e. The van der Waals surface area contributed by atoms with E-state index in [1.807, 2.05) is 0 Å². The zero-order valence-electron chi connectivity index (χ0n) is 11.1. The highest BCUT2D eigenvalue weighted by Gasteiger charge is 2.45. The third kappa shape index (κ3) is 4.77. The van der Waals surface area contributed by atoms with Gasteiger partial charge in [-0.25, -0.2) is 0 Å². The predicted octanol–water partition coefficient (Wildman–Crippen LogP) is 4.45. The summed E-state index contributed by atoms with van der Waals surface area (Å²) >= 11 is 50.8. The lowest BCUT2D eigenvalue weighted by Gasteiger charge is -2.26. The van der Waals surface area contributed by atoms with Crippen molar-refractivity contribution in [3.05, 3.63) is 48.5 Å². The second-order valence-corrected chi connectivity index (χ2v) is 27.6. The number of rotatable bonds is 4. The Kier molecular flexibility index (Phi) is 6.82. The Labute approximate surface area is 175 Å². The molecule has 0 nitrogen and oxygen atoms in total. The van der Waals surface area contributed by atoms with Crippen molar-refractivity contribution in [1.29, 1.82) is 0 Å². The molecule has 0 unspecified atom stereocenters. The Bertz CT molecular complexity index is 648. The fourth-order valence-corrected chi connectivity index (χ4v) is 14.8. The average molecular weight is 520 g/mol. The normalized spacial score (nSPS) is 13.2. The minimum Gasteiger partial charge on any atom is -0.134 e. The SMILES string of the molecule is Cl[Si](Cl)(Cl)c1ccccc1[Si](Cl)(Cl)c1ccccc1[Si](Cl)(Cl)Cl. The van der Waals surface area contributed by atoms with Crippen LogP contribution in [-0.4, -0.2) is 18.7 Å². The maximum absolute atomic E-state index is 6.81. The number of benzene rings is 2. The second-order valence-electron chi connectivity index (χ2n) is 4.66. The van der Waals surface area contributed by atoms with Crippen LogP contribution >= 0.6 is 88.6 Å². The topological polar surface area (TPSA) is 0 Å². The average Bonchev–Trinajstić information content (AvgIpc) is 2.45. The van der Waals surface area contributed by atoms with Crippen LogP contribution in [0, 0.1) is 0 Å². The first-order valence-electron chi connectivity index (χ1n) is 6.17. The molecule has 0 aliphatic heterocycles. The van der Waals surface area contributed by atoms with Gasteiger partial charge in [0.25, 0.3) is 0 Å². The largest absolute Gasteiger partial charge is 0.372 e. The Balaban J connectivity index is 2.71. The molecule has 0 bridgehead atoms. The summed E-state index contributed by atoms with van der Waals surface area (Å²) < 4.78 is 0. The van der Waals surface area contributed by atoms with Gasteiger partial charge in [0.05, 0.1) is 0 Å². The van der Waals surface area contributed by atoms with Crippen molar-refractivity contribution in [1.82, 2.24) is 0 Å². The summed E-state index contributed by atoms with van der Waals surface area (Å²) in [6, 6.07) is 7.78. The summed E-state index contributed by atoms with van der Waals surface area (Å²) in [7, 11) is 0. The van der Waals surface area contributed by atoms with Gasteiger partial charge in [0, 0.05) is 0 Å². The first kappa shape index (κ1) is 20.7. The zero-order chi connectivity index (χ0) is 17.5. The third-order valence-corrected chi connectivity index (χ3v) is 14.1. The van der Waals surface area contributed by atoms with E-state index >= 15 is 0 Å². The van der Waals surface area contributed by atoms with Crippen LogP contribution in [0.25, 0.3) is 0 Å². The van der Waals surface area contributed by atoms with Crippen molar-refractivity contribution in [3.63, 3.8) is 0 Å². The Morgan fingerprint density at radius 3 is 0.957 bits per heavy atom. The minimum absolute atomic E-state index is 0.558. The van der Waals surface area contributed by atoms with Gasteiger partial charge in [0.1, 0.15) is 0 Å². The van der Waals surface area contributed by atoms with Crippen LogP contribution < -0.4 is 20.7 Å². The van der Waals surface area contributed by atoms with Gasteiger partial charge in [-0.2, -0.15) is 0 Å². The number of halogens is 8. The Morgan fingerprint density at radius 2 is 0.696 bits per heavy atom. The standard InChI is InChI=1S/C12H8Cl8Si3/c13-21(14,9-5-1-3-7-11(9)22(15,16)17)10-6-2-4-8-12(10)23(18,19)20/h1-8H. The lowest BCUT2D eigenvalue weighted by atomic mass is 10.3. The molecule has 124 valence electrons. The van der Waals surface area contributed by atoms with Crippen LogP contribution in [0.1, 0.15) is 0 Å². The molecule has 0 spiro atoms. The van der Waals surface area contributed by atoms with Gasteiger partial charge in [-0.3, -0.25) is 0 Å². The summed E-state index contributed by atoms with van der Waals surface area (Å²) in [5.41, 5.74) is 0. The minimum atomic E-state index is -3.26. The Hall–Kier alpha value is 1.41. The lowest BCUT2D eigenvalue weighted by Crippen LogP contribution is -2.64. The molecule has 0 atom stereocenters. The van der Waals surface area contributed by atoms with E-state index in [-0.39, 0.29) is 0 Å². The molecule has 0 aliphatic carbocycles. The Morgan fingerprint density at radius 1 is 0.435 bits per heavy atom. The lowest BCUT2D eigenvalue weighted by molar-refractivity contribution is 1.79. The molecule has 0 aromatic heterocycles. The summed E-state index contributed by atoms with van der Waals surface area (Å²) in [6.45, 7) is -3.26. The van der Waals surface area contributed by atoms with Crippen molar-refractivity contribution in [3.8, 4) is 0 Å². The van der Waals surface area contributed by atoms with Crippen molar-refractivity contribution in [2.24, 2.45) is 0 Å². The molecule has 0 saturated carbocycles. The van der Waals surface area contributed by atoms with Gasteiger partial charge in [0.2, 0.25) is 0 Å². The maximum atomic E-state index is 6.81. The molecule has 23 heavy (non-hydrogen) atoms. The van der Waals surface area contributed by atoms with Crippen LogP contribution in [0.5, 0.6) is 0 Å². The van der Waals surface area contributed by atoms with Crippen molar-refractivity contribution in [2.75, 3.05) is 0 Å². The van der Waals surface area contributed by atoms with E-state index in [0.717, 1.165) is 0 Å². The molecule has 11 heteroatoms. The molecule has 0 saturated heterocycles. The zero-order valence-corrected chi connectivity index (χ0v) is 20.2. The van der Waals surface area contributed by atoms with Crippen molar-refractivity contribution >= 4 is 128 Å². The molecule has 0 heterocycles. The molecule has 0 aliphatic rings. The second kappa shape index (κ2) is 7.57. The monoisotopic (exact) mass is 516 g/mol. The summed E-state index contributed by atoms with van der Waals surface area (Å²) in [6.07, 6.45) is 0. The van der Waals surface area contributed by atoms with Crippen LogP contribution in [0.2, 0.25) is 0 Å². The number of hydrogen-bond acceptors (Lipinski definition) is 0. The fraction of sp³-hybridized carbons (Fsp3) is 0. The molecule has 0 amide bonds. The van der Waals surface area contributed by atoms with Crippen LogP contribution in [0.15, 0.2) is 48.5 Å². The van der Waals surface area contributed by atoms with E-state index in [2.05, 4.69) is 0 Å². The molecule has 2 rings (SSSR count). The molecule has 2 aromatic carbocycles. The molecule has 0 radical (unpaired) electrons. The van der Waals surface area contributed by atoms with E-state index in [1.54, 1.807) is 48.5 Å². The van der Waals surface area contributed by atoms with E-state index in [1.165, 1.54) is 0 Å².